The van der Waals surface area contributed by atoms with E-state index in [0.29, 0.717) is 5.39 Å². The molecule has 1 aromatic carbocycles. The highest BCUT2D eigenvalue weighted by molar-refractivity contribution is 6.01. The van der Waals surface area contributed by atoms with Crippen LogP contribution in [0, 0.1) is 19.3 Å². The second-order valence-corrected chi connectivity index (χ2v) is 6.00. The summed E-state index contributed by atoms with van der Waals surface area (Å²) in [5, 5.41) is 8.25. The summed E-state index contributed by atoms with van der Waals surface area (Å²) in [5.74, 6) is -0.580. The number of aryl methyl sites for hydroxylation is 1. The number of fused-ring (bicyclic) bond motifs is 1. The van der Waals surface area contributed by atoms with E-state index in [2.05, 4.69) is 0 Å². The zero-order valence-electron chi connectivity index (χ0n) is 13.6. The molecular formula is C18H20N2O3. The molecule has 0 unspecified atom stereocenters. The fraction of sp³-hybridized carbons (Fsp3) is 0.389. The molecule has 0 amide bonds. The smallest absolute Gasteiger partial charge is 0.343 e. The first-order valence-corrected chi connectivity index (χ1v) is 7.86. The number of hydrogen-bond acceptors (Lipinski definition) is 4. The zero-order chi connectivity index (χ0) is 16.7. The predicted molar refractivity (Wildman–Crippen MR) is 89.8 cm³/mol. The number of esters is 1. The fourth-order valence-corrected chi connectivity index (χ4v) is 2.96. The van der Waals surface area contributed by atoms with E-state index in [1.54, 1.807) is 13.1 Å². The van der Waals surface area contributed by atoms with E-state index in [4.69, 9.17) is 10.1 Å². The second-order valence-electron chi connectivity index (χ2n) is 6.00. The van der Waals surface area contributed by atoms with Gasteiger partial charge in [0.2, 0.25) is 5.43 Å². The molecule has 120 valence electrons. The molecule has 2 aromatic rings. The normalized spacial score (nSPS) is 14.0. The quantitative estimate of drug-likeness (QED) is 0.696. The fourth-order valence-electron chi connectivity index (χ4n) is 2.96. The van der Waals surface area contributed by atoms with E-state index in [9.17, 15) is 9.59 Å². The van der Waals surface area contributed by atoms with Crippen LogP contribution >= 0.6 is 0 Å². The topological polar surface area (TPSA) is 72.2 Å². The molecule has 1 aromatic heterocycles. The highest BCUT2D eigenvalue weighted by atomic mass is 16.5. The number of nitrogens with zero attached hydrogens (tertiary/aromatic N) is 1. The number of hydrogen-bond donors (Lipinski definition) is 1. The van der Waals surface area contributed by atoms with E-state index in [1.165, 1.54) is 6.21 Å². The SMILES string of the molecule is CCOC(=O)c1cn(C2CC2)c2c(C=N)c(C)c(C)cc2c1=O. The molecule has 5 heteroatoms. The number of ether oxygens (including phenoxy) is 1. The number of benzene rings is 1. The molecule has 1 heterocycles. The standard InChI is InChI=1S/C18H20N2O3/c1-4-23-18(22)15-9-20(12-5-6-12)16-13(17(15)21)7-10(2)11(3)14(16)8-19/h7-9,12,19H,4-6H2,1-3H3. The van der Waals surface area contributed by atoms with Gasteiger partial charge in [0.1, 0.15) is 5.56 Å². The molecule has 0 radical (unpaired) electrons. The molecule has 0 aliphatic heterocycles. The van der Waals surface area contributed by atoms with Crippen LogP contribution in [0.25, 0.3) is 10.9 Å². The van der Waals surface area contributed by atoms with Gasteiger partial charge in [-0.15, -0.1) is 0 Å². The summed E-state index contributed by atoms with van der Waals surface area (Å²) in [6, 6.07) is 2.11. The first kappa shape index (κ1) is 15.5. The molecule has 3 rings (SSSR count). The maximum Gasteiger partial charge on any atom is 0.343 e. The van der Waals surface area contributed by atoms with Crippen molar-refractivity contribution in [2.75, 3.05) is 6.61 Å². The molecule has 0 saturated heterocycles. The highest BCUT2D eigenvalue weighted by Gasteiger charge is 2.28. The monoisotopic (exact) mass is 312 g/mol. The summed E-state index contributed by atoms with van der Waals surface area (Å²) in [6.07, 6.45) is 4.95. The lowest BCUT2D eigenvalue weighted by molar-refractivity contribution is 0.0524. The van der Waals surface area contributed by atoms with Crippen molar-refractivity contribution >= 4 is 23.1 Å². The average molecular weight is 312 g/mol. The van der Waals surface area contributed by atoms with Gasteiger partial charge >= 0.3 is 5.97 Å². The number of carbonyl (C=O) groups excluding carboxylic acids is 1. The summed E-state index contributed by atoms with van der Waals surface area (Å²) in [5.41, 5.74) is 3.19. The molecule has 0 bridgehead atoms. The van der Waals surface area contributed by atoms with E-state index >= 15 is 0 Å². The summed E-state index contributed by atoms with van der Waals surface area (Å²) in [6.45, 7) is 5.83. The number of pyridine rings is 1. The number of aromatic nitrogens is 1. The third kappa shape index (κ3) is 2.46. The molecule has 1 N–H and O–H groups in total. The van der Waals surface area contributed by atoms with Crippen LogP contribution in [0.2, 0.25) is 0 Å². The van der Waals surface area contributed by atoms with Gasteiger partial charge in [0, 0.05) is 29.4 Å². The van der Waals surface area contributed by atoms with Gasteiger partial charge in [-0.25, -0.2) is 4.79 Å². The average Bonchev–Trinajstić information content (AvgIpc) is 3.35. The van der Waals surface area contributed by atoms with Gasteiger partial charge in [-0.1, -0.05) is 0 Å². The Balaban J connectivity index is 2.42. The molecule has 0 spiro atoms. The largest absolute Gasteiger partial charge is 0.462 e. The Kier molecular flexibility index (Phi) is 3.80. The Labute approximate surface area is 134 Å². The van der Waals surface area contributed by atoms with Crippen molar-refractivity contribution in [3.63, 3.8) is 0 Å². The molecule has 1 fully saturated rings. The van der Waals surface area contributed by atoms with Crippen LogP contribution in [0.1, 0.15) is 52.9 Å². The molecule has 1 saturated carbocycles. The van der Waals surface area contributed by atoms with Crippen LogP contribution in [0.5, 0.6) is 0 Å². The third-order valence-corrected chi connectivity index (χ3v) is 4.46. The van der Waals surface area contributed by atoms with Crippen LogP contribution in [-0.4, -0.2) is 23.4 Å². The van der Waals surface area contributed by atoms with Crippen LogP contribution in [0.3, 0.4) is 0 Å². The highest BCUT2D eigenvalue weighted by Crippen LogP contribution is 2.38. The Morgan fingerprint density at radius 1 is 1.43 bits per heavy atom. The van der Waals surface area contributed by atoms with Gasteiger partial charge in [0.15, 0.2) is 0 Å². The minimum Gasteiger partial charge on any atom is -0.462 e. The van der Waals surface area contributed by atoms with Crippen molar-refractivity contribution in [2.24, 2.45) is 0 Å². The van der Waals surface area contributed by atoms with Crippen molar-refractivity contribution in [1.82, 2.24) is 4.57 Å². The number of rotatable bonds is 4. The van der Waals surface area contributed by atoms with Gasteiger partial charge in [0.05, 0.1) is 12.1 Å². The van der Waals surface area contributed by atoms with Gasteiger partial charge in [-0.2, -0.15) is 0 Å². The number of carbonyl (C=O) groups is 1. The van der Waals surface area contributed by atoms with E-state index in [1.807, 2.05) is 24.5 Å². The Bertz CT molecular complexity index is 876. The lowest BCUT2D eigenvalue weighted by Crippen LogP contribution is -2.22. The zero-order valence-corrected chi connectivity index (χ0v) is 13.6. The molecule has 23 heavy (non-hydrogen) atoms. The van der Waals surface area contributed by atoms with E-state index < -0.39 is 5.97 Å². The van der Waals surface area contributed by atoms with Crippen molar-refractivity contribution in [1.29, 1.82) is 5.41 Å². The first-order chi connectivity index (χ1) is 11.0. The Morgan fingerprint density at radius 3 is 2.70 bits per heavy atom. The lowest BCUT2D eigenvalue weighted by Gasteiger charge is -2.17. The van der Waals surface area contributed by atoms with Crippen molar-refractivity contribution in [3.05, 3.63) is 44.7 Å². The molecule has 5 nitrogen and oxygen atoms in total. The summed E-state index contributed by atoms with van der Waals surface area (Å²) >= 11 is 0. The van der Waals surface area contributed by atoms with Gasteiger partial charge in [0.25, 0.3) is 0 Å². The molecule has 0 atom stereocenters. The molecule has 1 aliphatic rings. The Hall–Kier alpha value is -2.43. The van der Waals surface area contributed by atoms with Gasteiger partial charge in [-0.3, -0.25) is 4.79 Å². The van der Waals surface area contributed by atoms with Crippen LogP contribution in [0.4, 0.5) is 0 Å². The van der Waals surface area contributed by atoms with Crippen LogP contribution < -0.4 is 5.43 Å². The maximum absolute atomic E-state index is 12.8. The third-order valence-electron chi connectivity index (χ3n) is 4.46. The van der Waals surface area contributed by atoms with Crippen molar-refractivity contribution in [2.45, 2.75) is 39.7 Å². The first-order valence-electron chi connectivity index (χ1n) is 7.86. The number of nitrogens with one attached hydrogen (secondary N) is 1. The summed E-state index contributed by atoms with van der Waals surface area (Å²) in [7, 11) is 0. The second kappa shape index (κ2) is 5.65. The van der Waals surface area contributed by atoms with Crippen molar-refractivity contribution < 1.29 is 9.53 Å². The van der Waals surface area contributed by atoms with E-state index in [0.717, 1.165) is 35.0 Å². The van der Waals surface area contributed by atoms with Crippen molar-refractivity contribution in [3.8, 4) is 0 Å². The lowest BCUT2D eigenvalue weighted by atomic mass is 9.98. The van der Waals surface area contributed by atoms with Gasteiger partial charge < -0.3 is 14.7 Å². The minimum atomic E-state index is -0.580. The maximum atomic E-state index is 12.8. The van der Waals surface area contributed by atoms with Crippen LogP contribution in [-0.2, 0) is 4.74 Å². The van der Waals surface area contributed by atoms with Gasteiger partial charge in [-0.05, 0) is 50.8 Å². The molecular weight excluding hydrogens is 292 g/mol. The predicted octanol–water partition coefficient (Wildman–Crippen LogP) is 3.13. The summed E-state index contributed by atoms with van der Waals surface area (Å²) < 4.78 is 7.01. The Morgan fingerprint density at radius 2 is 2.13 bits per heavy atom. The minimum absolute atomic E-state index is 0.0745. The van der Waals surface area contributed by atoms with E-state index in [-0.39, 0.29) is 23.6 Å². The van der Waals surface area contributed by atoms with Crippen LogP contribution in [0.15, 0.2) is 17.1 Å². The molecule has 1 aliphatic carbocycles. The summed E-state index contributed by atoms with van der Waals surface area (Å²) in [4.78, 5) is 24.9.